The van der Waals surface area contributed by atoms with Crippen LogP contribution in [0, 0.1) is 11.8 Å². The van der Waals surface area contributed by atoms with Crippen LogP contribution < -0.4 is 0 Å². The summed E-state index contributed by atoms with van der Waals surface area (Å²) in [6.07, 6.45) is 1.28. The fourth-order valence-electron chi connectivity index (χ4n) is 2.86. The molecule has 0 aromatic heterocycles. The van der Waals surface area contributed by atoms with Gasteiger partial charge in [-0.2, -0.15) is 0 Å². The van der Waals surface area contributed by atoms with Crippen molar-refractivity contribution in [3.63, 3.8) is 0 Å². The highest BCUT2D eigenvalue weighted by Crippen LogP contribution is 2.24. The summed E-state index contributed by atoms with van der Waals surface area (Å²) >= 11 is 0. The molecule has 2 atom stereocenters. The standard InChI is InChI=1S/C13H18N2O6/c16-10-2-1-4-14(10)7-11(17)15-5-3-8(12(18)19)9(6-15)13(20)21/h8-9H,1-7H2,(H,18,19)(H,20,21). The molecule has 2 N–H and O–H groups in total. The Morgan fingerprint density at radius 2 is 1.76 bits per heavy atom. The van der Waals surface area contributed by atoms with E-state index in [1.165, 1.54) is 9.80 Å². The van der Waals surface area contributed by atoms with Gasteiger partial charge in [-0.25, -0.2) is 0 Å². The van der Waals surface area contributed by atoms with Crippen LogP contribution in [0.25, 0.3) is 0 Å². The molecule has 2 heterocycles. The van der Waals surface area contributed by atoms with Gasteiger partial charge in [-0.05, 0) is 12.8 Å². The zero-order valence-corrected chi connectivity index (χ0v) is 11.5. The van der Waals surface area contributed by atoms with Crippen LogP contribution in [0.15, 0.2) is 0 Å². The summed E-state index contributed by atoms with van der Waals surface area (Å²) < 4.78 is 0. The van der Waals surface area contributed by atoms with Crippen LogP contribution in [0.2, 0.25) is 0 Å². The van der Waals surface area contributed by atoms with Gasteiger partial charge in [0.1, 0.15) is 0 Å². The lowest BCUT2D eigenvalue weighted by molar-refractivity contribution is -0.159. The van der Waals surface area contributed by atoms with E-state index in [0.717, 1.165) is 6.42 Å². The molecule has 2 saturated heterocycles. The summed E-state index contributed by atoms with van der Waals surface area (Å²) in [5, 5.41) is 18.1. The number of likely N-dealkylation sites (tertiary alicyclic amines) is 2. The molecule has 0 aromatic rings. The highest BCUT2D eigenvalue weighted by Gasteiger charge is 2.40. The molecule has 2 aliphatic rings. The number of carbonyl (C=O) groups excluding carboxylic acids is 2. The molecule has 0 aromatic carbocycles. The highest BCUT2D eigenvalue weighted by atomic mass is 16.4. The molecule has 8 nitrogen and oxygen atoms in total. The number of amides is 2. The van der Waals surface area contributed by atoms with Crippen LogP contribution in [0.3, 0.4) is 0 Å². The Balaban J connectivity index is 1.98. The first-order valence-electron chi connectivity index (χ1n) is 6.91. The molecule has 0 bridgehead atoms. The molecular weight excluding hydrogens is 280 g/mol. The SMILES string of the molecule is O=C(O)C1CCN(C(=O)CN2CCCC2=O)CC1C(=O)O. The molecule has 21 heavy (non-hydrogen) atoms. The van der Waals surface area contributed by atoms with Crippen molar-refractivity contribution in [3.8, 4) is 0 Å². The van der Waals surface area contributed by atoms with Gasteiger partial charge in [0.15, 0.2) is 0 Å². The van der Waals surface area contributed by atoms with Crippen molar-refractivity contribution in [1.29, 1.82) is 0 Å². The van der Waals surface area contributed by atoms with Gasteiger partial charge in [-0.3, -0.25) is 19.2 Å². The van der Waals surface area contributed by atoms with Gasteiger partial charge >= 0.3 is 11.9 Å². The molecule has 0 saturated carbocycles. The molecule has 2 amide bonds. The number of carboxylic acid groups (broad SMARTS) is 2. The van der Waals surface area contributed by atoms with Gasteiger partial charge in [0.25, 0.3) is 0 Å². The van der Waals surface area contributed by atoms with Crippen LogP contribution in [0.4, 0.5) is 0 Å². The average molecular weight is 298 g/mol. The number of hydrogen-bond acceptors (Lipinski definition) is 4. The lowest BCUT2D eigenvalue weighted by Gasteiger charge is -2.35. The Morgan fingerprint density at radius 3 is 2.29 bits per heavy atom. The van der Waals surface area contributed by atoms with E-state index in [9.17, 15) is 19.2 Å². The van der Waals surface area contributed by atoms with Crippen molar-refractivity contribution < 1.29 is 29.4 Å². The number of piperidine rings is 1. The fraction of sp³-hybridized carbons (Fsp3) is 0.692. The van der Waals surface area contributed by atoms with Gasteiger partial charge in [0, 0.05) is 26.1 Å². The lowest BCUT2D eigenvalue weighted by Crippen LogP contribution is -2.51. The average Bonchev–Trinajstić information content (AvgIpc) is 2.83. The van der Waals surface area contributed by atoms with E-state index in [1.54, 1.807) is 0 Å². The maximum atomic E-state index is 12.1. The molecule has 0 spiro atoms. The highest BCUT2D eigenvalue weighted by molar-refractivity contribution is 5.87. The van der Waals surface area contributed by atoms with Crippen molar-refractivity contribution in [2.24, 2.45) is 11.8 Å². The Hall–Kier alpha value is -2.12. The second-order valence-corrected chi connectivity index (χ2v) is 5.44. The monoisotopic (exact) mass is 298 g/mol. The van der Waals surface area contributed by atoms with E-state index in [-0.39, 0.29) is 37.9 Å². The quantitative estimate of drug-likeness (QED) is 0.705. The molecule has 2 aliphatic heterocycles. The van der Waals surface area contributed by atoms with E-state index >= 15 is 0 Å². The maximum Gasteiger partial charge on any atom is 0.309 e. The topological polar surface area (TPSA) is 115 Å². The van der Waals surface area contributed by atoms with Gasteiger partial charge in [-0.15, -0.1) is 0 Å². The maximum absolute atomic E-state index is 12.1. The third kappa shape index (κ3) is 3.32. The molecule has 116 valence electrons. The first-order valence-corrected chi connectivity index (χ1v) is 6.91. The zero-order valence-electron chi connectivity index (χ0n) is 11.5. The number of hydrogen-bond donors (Lipinski definition) is 2. The molecule has 2 fully saturated rings. The van der Waals surface area contributed by atoms with Crippen molar-refractivity contribution >= 4 is 23.8 Å². The molecular formula is C13H18N2O6. The Labute approximate surface area is 121 Å². The summed E-state index contributed by atoms with van der Waals surface area (Å²) in [7, 11) is 0. The van der Waals surface area contributed by atoms with Gasteiger partial charge in [0.05, 0.1) is 18.4 Å². The second-order valence-electron chi connectivity index (χ2n) is 5.44. The molecule has 8 heteroatoms. The van der Waals surface area contributed by atoms with E-state index in [0.29, 0.717) is 13.0 Å². The van der Waals surface area contributed by atoms with E-state index in [2.05, 4.69) is 0 Å². The first kappa shape index (κ1) is 15.3. The van der Waals surface area contributed by atoms with Gasteiger partial charge < -0.3 is 20.0 Å². The number of carboxylic acids is 2. The fourth-order valence-corrected chi connectivity index (χ4v) is 2.86. The summed E-state index contributed by atoms with van der Waals surface area (Å²) in [5.41, 5.74) is 0. The van der Waals surface area contributed by atoms with Crippen LogP contribution in [-0.4, -0.2) is 69.9 Å². The molecule has 0 aliphatic carbocycles. The van der Waals surface area contributed by atoms with Gasteiger partial charge in [0.2, 0.25) is 11.8 Å². The Morgan fingerprint density at radius 1 is 1.10 bits per heavy atom. The molecule has 2 rings (SSSR count). The summed E-state index contributed by atoms with van der Waals surface area (Å²) in [6, 6.07) is 0. The summed E-state index contributed by atoms with van der Waals surface area (Å²) in [5.74, 6) is -4.82. The number of aliphatic carboxylic acids is 2. The third-order valence-electron chi connectivity index (χ3n) is 4.10. The minimum absolute atomic E-state index is 0.0527. The third-order valence-corrected chi connectivity index (χ3v) is 4.10. The van der Waals surface area contributed by atoms with Gasteiger partial charge in [-0.1, -0.05) is 0 Å². The van der Waals surface area contributed by atoms with Crippen LogP contribution in [0.5, 0.6) is 0 Å². The van der Waals surface area contributed by atoms with Crippen molar-refractivity contribution in [3.05, 3.63) is 0 Å². The first-order chi connectivity index (χ1) is 9.90. The second kappa shape index (κ2) is 6.11. The lowest BCUT2D eigenvalue weighted by atomic mass is 9.85. The predicted octanol–water partition coefficient (Wildman–Crippen LogP) is -0.757. The van der Waals surface area contributed by atoms with Crippen molar-refractivity contribution in [2.75, 3.05) is 26.2 Å². The summed E-state index contributed by atoms with van der Waals surface area (Å²) in [4.78, 5) is 48.7. The number of nitrogens with zero attached hydrogens (tertiary/aromatic N) is 2. The van der Waals surface area contributed by atoms with E-state index < -0.39 is 23.8 Å². The molecule has 0 radical (unpaired) electrons. The smallest absolute Gasteiger partial charge is 0.309 e. The van der Waals surface area contributed by atoms with Crippen LogP contribution in [0.1, 0.15) is 19.3 Å². The molecule has 2 unspecified atom stereocenters. The minimum Gasteiger partial charge on any atom is -0.481 e. The van der Waals surface area contributed by atoms with Crippen LogP contribution in [-0.2, 0) is 19.2 Å². The number of rotatable bonds is 4. The van der Waals surface area contributed by atoms with Crippen molar-refractivity contribution in [1.82, 2.24) is 9.80 Å². The Kier molecular flexibility index (Phi) is 4.44. The normalized spacial score (nSPS) is 26.0. The zero-order chi connectivity index (χ0) is 15.6. The van der Waals surface area contributed by atoms with Crippen LogP contribution >= 0.6 is 0 Å². The van der Waals surface area contributed by atoms with E-state index in [1.807, 2.05) is 0 Å². The predicted molar refractivity (Wildman–Crippen MR) is 69.3 cm³/mol. The minimum atomic E-state index is -1.21. The number of carbonyl (C=O) groups is 4. The Bertz CT molecular complexity index is 477. The van der Waals surface area contributed by atoms with Crippen molar-refractivity contribution in [2.45, 2.75) is 19.3 Å². The largest absolute Gasteiger partial charge is 0.481 e. The van der Waals surface area contributed by atoms with E-state index in [4.69, 9.17) is 10.2 Å². The summed E-state index contributed by atoms with van der Waals surface area (Å²) in [6.45, 7) is 0.580.